The van der Waals surface area contributed by atoms with Crippen molar-refractivity contribution >= 4 is 22.6 Å². The summed E-state index contributed by atoms with van der Waals surface area (Å²) in [5.74, 6) is 0.269. The SMILES string of the molecule is O=C(NCc1ccc(-n2cnc3ccccc32)nc1)c1ccc(-n2cncn2)c([N+](=O)[O-])c1. The molecule has 0 saturated heterocycles. The van der Waals surface area contributed by atoms with Gasteiger partial charge in [-0.05, 0) is 35.9 Å². The molecule has 11 heteroatoms. The van der Waals surface area contributed by atoms with Gasteiger partial charge in [0.05, 0.1) is 16.0 Å². The summed E-state index contributed by atoms with van der Waals surface area (Å²) < 4.78 is 3.16. The van der Waals surface area contributed by atoms with E-state index >= 15 is 0 Å². The zero-order chi connectivity index (χ0) is 22.8. The van der Waals surface area contributed by atoms with E-state index in [1.54, 1.807) is 12.5 Å². The van der Waals surface area contributed by atoms with Crippen LogP contribution in [0.15, 0.2) is 79.8 Å². The minimum absolute atomic E-state index is 0.167. The number of rotatable bonds is 6. The van der Waals surface area contributed by atoms with E-state index in [9.17, 15) is 14.9 Å². The van der Waals surface area contributed by atoms with E-state index in [2.05, 4.69) is 25.4 Å². The van der Waals surface area contributed by atoms with Crippen molar-refractivity contribution in [3.63, 3.8) is 0 Å². The third kappa shape index (κ3) is 3.90. The lowest BCUT2D eigenvalue weighted by Gasteiger charge is -2.08. The lowest BCUT2D eigenvalue weighted by Crippen LogP contribution is -2.23. The fourth-order valence-electron chi connectivity index (χ4n) is 3.43. The third-order valence-electron chi connectivity index (χ3n) is 5.06. The zero-order valence-electron chi connectivity index (χ0n) is 17.1. The molecule has 2 aromatic carbocycles. The van der Waals surface area contributed by atoms with E-state index < -0.39 is 10.8 Å². The van der Waals surface area contributed by atoms with Gasteiger partial charge in [0, 0.05) is 24.4 Å². The Morgan fingerprint density at radius 1 is 1.06 bits per heavy atom. The quantitative estimate of drug-likeness (QED) is 0.317. The number of amides is 1. The molecule has 0 unspecified atom stereocenters. The number of nitro benzene ring substituents is 1. The summed E-state index contributed by atoms with van der Waals surface area (Å²) >= 11 is 0. The van der Waals surface area contributed by atoms with Gasteiger partial charge < -0.3 is 5.32 Å². The first-order valence-electron chi connectivity index (χ1n) is 9.89. The van der Waals surface area contributed by atoms with Gasteiger partial charge >= 0.3 is 0 Å². The summed E-state index contributed by atoms with van der Waals surface area (Å²) in [5, 5.41) is 18.2. The lowest BCUT2D eigenvalue weighted by molar-refractivity contribution is -0.384. The summed E-state index contributed by atoms with van der Waals surface area (Å²) in [7, 11) is 0. The molecule has 3 heterocycles. The summed E-state index contributed by atoms with van der Waals surface area (Å²) in [6, 6.07) is 15.6. The maximum atomic E-state index is 12.6. The van der Waals surface area contributed by atoms with Gasteiger partial charge in [-0.2, -0.15) is 5.10 Å². The van der Waals surface area contributed by atoms with Crippen LogP contribution in [0.25, 0.3) is 22.5 Å². The van der Waals surface area contributed by atoms with Crippen LogP contribution in [0.2, 0.25) is 0 Å². The number of carbonyl (C=O) groups excluding carboxylic acids is 1. The van der Waals surface area contributed by atoms with Gasteiger partial charge in [0.1, 0.15) is 30.5 Å². The number of hydrogen-bond donors (Lipinski definition) is 1. The molecular weight excluding hydrogens is 424 g/mol. The van der Waals surface area contributed by atoms with Crippen molar-refractivity contribution in [2.75, 3.05) is 0 Å². The Morgan fingerprint density at radius 2 is 1.94 bits per heavy atom. The third-order valence-corrected chi connectivity index (χ3v) is 5.06. The van der Waals surface area contributed by atoms with Gasteiger partial charge in [-0.15, -0.1) is 0 Å². The van der Waals surface area contributed by atoms with E-state index in [0.717, 1.165) is 16.6 Å². The van der Waals surface area contributed by atoms with Crippen molar-refractivity contribution in [2.24, 2.45) is 0 Å². The number of hydrogen-bond acceptors (Lipinski definition) is 7. The van der Waals surface area contributed by atoms with Crippen LogP contribution < -0.4 is 5.32 Å². The van der Waals surface area contributed by atoms with Crippen LogP contribution in [0.5, 0.6) is 0 Å². The number of nitro groups is 1. The number of benzene rings is 2. The van der Waals surface area contributed by atoms with E-state index in [-0.39, 0.29) is 23.5 Å². The predicted octanol–water partition coefficient (Wildman–Crippen LogP) is 2.84. The second kappa shape index (κ2) is 8.30. The Labute approximate surface area is 186 Å². The highest BCUT2D eigenvalue weighted by Crippen LogP contribution is 2.23. The fourth-order valence-corrected chi connectivity index (χ4v) is 3.43. The molecule has 0 spiro atoms. The predicted molar refractivity (Wildman–Crippen MR) is 118 cm³/mol. The molecule has 0 saturated carbocycles. The van der Waals surface area contributed by atoms with E-state index in [1.165, 1.54) is 35.5 Å². The molecule has 0 radical (unpaired) electrons. The largest absolute Gasteiger partial charge is 0.348 e. The van der Waals surface area contributed by atoms with Crippen LogP contribution in [0.3, 0.4) is 0 Å². The number of para-hydroxylation sites is 2. The number of pyridine rings is 1. The molecule has 0 aliphatic heterocycles. The van der Waals surface area contributed by atoms with Crippen molar-refractivity contribution in [1.82, 2.24) is 34.6 Å². The molecule has 162 valence electrons. The Kier molecular flexibility index (Phi) is 5.03. The van der Waals surface area contributed by atoms with Crippen molar-refractivity contribution in [3.05, 3.63) is 101 Å². The minimum Gasteiger partial charge on any atom is -0.348 e. The summed E-state index contributed by atoms with van der Waals surface area (Å²) in [5.41, 5.74) is 2.75. The minimum atomic E-state index is -0.559. The van der Waals surface area contributed by atoms with E-state index in [4.69, 9.17) is 0 Å². The summed E-state index contributed by atoms with van der Waals surface area (Å²) in [4.78, 5) is 36.1. The first kappa shape index (κ1) is 20.0. The molecule has 0 aliphatic rings. The summed E-state index contributed by atoms with van der Waals surface area (Å²) in [6.07, 6.45) is 6.01. The number of nitrogens with zero attached hydrogens (tertiary/aromatic N) is 7. The number of imidazole rings is 1. The molecule has 0 fully saturated rings. The Balaban J connectivity index is 1.30. The van der Waals surface area contributed by atoms with Crippen LogP contribution in [0, 0.1) is 10.1 Å². The standard InChI is InChI=1S/C22H16N8O3/c31-22(16-6-7-19(20(9-16)30(32)33)29-13-23-12-27-29)25-11-15-5-8-21(24-10-15)28-14-26-17-3-1-2-4-18(17)28/h1-10,12-14H,11H2,(H,25,31). The maximum absolute atomic E-state index is 12.6. The number of nitrogens with one attached hydrogen (secondary N) is 1. The molecule has 3 aromatic heterocycles. The van der Waals surface area contributed by atoms with Gasteiger partial charge in [0.2, 0.25) is 0 Å². The van der Waals surface area contributed by atoms with E-state index in [0.29, 0.717) is 5.82 Å². The Hall–Kier alpha value is -4.93. The first-order chi connectivity index (χ1) is 16.1. The summed E-state index contributed by atoms with van der Waals surface area (Å²) in [6.45, 7) is 0.218. The molecule has 5 aromatic rings. The zero-order valence-corrected chi connectivity index (χ0v) is 17.1. The average molecular weight is 440 g/mol. The average Bonchev–Trinajstić information content (AvgIpc) is 3.53. The van der Waals surface area contributed by atoms with Gasteiger partial charge in [-0.1, -0.05) is 18.2 Å². The Morgan fingerprint density at radius 3 is 2.70 bits per heavy atom. The van der Waals surface area contributed by atoms with Crippen molar-refractivity contribution in [3.8, 4) is 11.5 Å². The fraction of sp³-hybridized carbons (Fsp3) is 0.0455. The molecule has 0 atom stereocenters. The molecule has 0 bridgehead atoms. The second-order valence-corrected chi connectivity index (χ2v) is 7.11. The molecule has 11 nitrogen and oxygen atoms in total. The molecule has 0 aliphatic carbocycles. The molecular formula is C22H16N8O3. The monoisotopic (exact) mass is 440 g/mol. The topological polar surface area (TPSA) is 134 Å². The van der Waals surface area contributed by atoms with Crippen LogP contribution >= 0.6 is 0 Å². The van der Waals surface area contributed by atoms with Crippen molar-refractivity contribution in [2.45, 2.75) is 6.54 Å². The maximum Gasteiger partial charge on any atom is 0.295 e. The van der Waals surface area contributed by atoms with E-state index in [1.807, 2.05) is 41.0 Å². The smallest absolute Gasteiger partial charge is 0.295 e. The van der Waals surface area contributed by atoms with Crippen LogP contribution in [0.4, 0.5) is 5.69 Å². The highest BCUT2D eigenvalue weighted by Gasteiger charge is 2.19. The van der Waals surface area contributed by atoms with Gasteiger partial charge in [-0.25, -0.2) is 19.6 Å². The lowest BCUT2D eigenvalue weighted by atomic mass is 10.1. The first-order valence-corrected chi connectivity index (χ1v) is 9.89. The van der Waals surface area contributed by atoms with Gasteiger partial charge in [0.25, 0.3) is 11.6 Å². The molecule has 1 amide bonds. The van der Waals surface area contributed by atoms with Crippen molar-refractivity contribution in [1.29, 1.82) is 0 Å². The second-order valence-electron chi connectivity index (χ2n) is 7.11. The number of aromatic nitrogens is 6. The molecule has 33 heavy (non-hydrogen) atoms. The molecule has 5 rings (SSSR count). The van der Waals surface area contributed by atoms with Crippen LogP contribution in [-0.2, 0) is 6.54 Å². The van der Waals surface area contributed by atoms with Crippen LogP contribution in [-0.4, -0.2) is 40.1 Å². The highest BCUT2D eigenvalue weighted by atomic mass is 16.6. The van der Waals surface area contributed by atoms with Gasteiger partial charge in [-0.3, -0.25) is 19.5 Å². The highest BCUT2D eigenvalue weighted by molar-refractivity contribution is 5.95. The number of fused-ring (bicyclic) bond motifs is 1. The van der Waals surface area contributed by atoms with Crippen molar-refractivity contribution < 1.29 is 9.72 Å². The van der Waals surface area contributed by atoms with Crippen LogP contribution in [0.1, 0.15) is 15.9 Å². The normalized spacial score (nSPS) is 10.9. The molecule has 1 N–H and O–H groups in total. The Bertz CT molecular complexity index is 1460. The number of carbonyl (C=O) groups is 1. The van der Waals surface area contributed by atoms with Gasteiger partial charge in [0.15, 0.2) is 0 Å².